The molecule has 0 saturated carbocycles. The Morgan fingerprint density at radius 2 is 1.95 bits per heavy atom. The van der Waals surface area contributed by atoms with Gasteiger partial charge < -0.3 is 10.2 Å². The van der Waals surface area contributed by atoms with E-state index in [1.165, 1.54) is 11.1 Å². The Labute approximate surface area is 133 Å². The van der Waals surface area contributed by atoms with Gasteiger partial charge in [0.05, 0.1) is 0 Å². The fourth-order valence-electron chi connectivity index (χ4n) is 2.54. The van der Waals surface area contributed by atoms with Crippen LogP contribution in [0.1, 0.15) is 16.7 Å². The van der Waals surface area contributed by atoms with Gasteiger partial charge in [-0.3, -0.25) is 0 Å². The summed E-state index contributed by atoms with van der Waals surface area (Å²) in [7, 11) is 0. The van der Waals surface area contributed by atoms with Crippen molar-refractivity contribution >= 4 is 27.6 Å². The zero-order valence-corrected chi connectivity index (χ0v) is 13.5. The normalized spacial score (nSPS) is 13.7. The third-order valence-corrected chi connectivity index (χ3v) is 4.70. The van der Waals surface area contributed by atoms with Crippen LogP contribution in [0, 0.1) is 6.92 Å². The lowest BCUT2D eigenvalue weighted by molar-refractivity contribution is 0.206. The van der Waals surface area contributed by atoms with Crippen molar-refractivity contribution in [1.82, 2.24) is 4.90 Å². The second kappa shape index (κ2) is 5.90. The summed E-state index contributed by atoms with van der Waals surface area (Å²) in [5.41, 5.74) is 4.56. The molecule has 4 heteroatoms. The minimum absolute atomic E-state index is 0.0414. The van der Waals surface area contributed by atoms with Crippen molar-refractivity contribution in [2.75, 3.05) is 11.9 Å². The summed E-state index contributed by atoms with van der Waals surface area (Å²) in [5, 5.41) is 2.97. The van der Waals surface area contributed by atoms with Crippen LogP contribution >= 0.6 is 15.9 Å². The van der Waals surface area contributed by atoms with Crippen molar-refractivity contribution < 1.29 is 4.79 Å². The molecule has 0 radical (unpaired) electrons. The molecule has 1 heterocycles. The molecule has 0 atom stereocenters. The number of aryl methyl sites for hydroxylation is 1. The van der Waals surface area contributed by atoms with Crippen LogP contribution < -0.4 is 5.32 Å². The number of halogens is 1. The maximum Gasteiger partial charge on any atom is 0.322 e. The summed E-state index contributed by atoms with van der Waals surface area (Å²) in [6.07, 6.45) is 0.918. The molecule has 0 bridgehead atoms. The topological polar surface area (TPSA) is 32.3 Å². The number of nitrogens with one attached hydrogen (secondary N) is 1. The molecule has 0 unspecified atom stereocenters. The number of carbonyl (C=O) groups is 1. The van der Waals surface area contributed by atoms with E-state index in [0.717, 1.165) is 28.7 Å². The van der Waals surface area contributed by atoms with E-state index < -0.39 is 0 Å². The Morgan fingerprint density at radius 3 is 2.71 bits per heavy atom. The summed E-state index contributed by atoms with van der Waals surface area (Å²) in [6, 6.07) is 14.1. The second-order valence-corrected chi connectivity index (χ2v) is 6.19. The number of rotatable bonds is 1. The van der Waals surface area contributed by atoms with E-state index >= 15 is 0 Å². The van der Waals surface area contributed by atoms with Gasteiger partial charge in [-0.2, -0.15) is 0 Å². The first-order valence-electron chi connectivity index (χ1n) is 7.02. The standard InChI is InChI=1S/C17H17BrN2O/c1-12-6-7-15(10-16(12)18)19-17(21)20-9-8-13-4-2-3-5-14(13)11-20/h2-7,10H,8-9,11H2,1H3,(H,19,21). The van der Waals surface area contributed by atoms with E-state index in [0.29, 0.717) is 6.54 Å². The first-order chi connectivity index (χ1) is 10.1. The van der Waals surface area contributed by atoms with Gasteiger partial charge in [-0.05, 0) is 42.2 Å². The number of urea groups is 1. The molecule has 3 rings (SSSR count). The van der Waals surface area contributed by atoms with Crippen LogP contribution in [0.5, 0.6) is 0 Å². The number of nitrogens with zero attached hydrogens (tertiary/aromatic N) is 1. The molecule has 21 heavy (non-hydrogen) atoms. The summed E-state index contributed by atoms with van der Waals surface area (Å²) < 4.78 is 1.00. The van der Waals surface area contributed by atoms with E-state index in [1.807, 2.05) is 36.1 Å². The van der Waals surface area contributed by atoms with E-state index in [9.17, 15) is 4.79 Å². The van der Waals surface area contributed by atoms with Crippen LogP contribution in [0.2, 0.25) is 0 Å². The number of amides is 2. The van der Waals surface area contributed by atoms with Gasteiger partial charge in [0.25, 0.3) is 0 Å². The Hall–Kier alpha value is -1.81. The van der Waals surface area contributed by atoms with Gasteiger partial charge >= 0.3 is 6.03 Å². The highest BCUT2D eigenvalue weighted by Crippen LogP contribution is 2.22. The number of hydrogen-bond donors (Lipinski definition) is 1. The van der Waals surface area contributed by atoms with Gasteiger partial charge in [0.2, 0.25) is 0 Å². The third-order valence-electron chi connectivity index (χ3n) is 3.84. The van der Waals surface area contributed by atoms with E-state index in [2.05, 4.69) is 39.4 Å². The molecule has 0 spiro atoms. The largest absolute Gasteiger partial charge is 0.322 e. The van der Waals surface area contributed by atoms with Crippen molar-refractivity contribution in [1.29, 1.82) is 0 Å². The van der Waals surface area contributed by atoms with E-state index in [1.54, 1.807) is 0 Å². The highest BCUT2D eigenvalue weighted by molar-refractivity contribution is 9.10. The lowest BCUT2D eigenvalue weighted by Crippen LogP contribution is -2.38. The molecular weight excluding hydrogens is 328 g/mol. The number of fused-ring (bicyclic) bond motifs is 1. The fraction of sp³-hybridized carbons (Fsp3) is 0.235. The highest BCUT2D eigenvalue weighted by atomic mass is 79.9. The molecule has 0 aromatic heterocycles. The molecular formula is C17H17BrN2O. The molecule has 3 nitrogen and oxygen atoms in total. The monoisotopic (exact) mass is 344 g/mol. The Bertz CT molecular complexity index is 684. The van der Waals surface area contributed by atoms with Crippen LogP contribution in [0.3, 0.4) is 0 Å². The minimum Gasteiger partial charge on any atom is -0.320 e. The molecule has 2 aromatic rings. The van der Waals surface area contributed by atoms with Crippen LogP contribution in [-0.4, -0.2) is 17.5 Å². The molecule has 1 aliphatic rings. The molecule has 0 saturated heterocycles. The Balaban J connectivity index is 1.70. The van der Waals surface area contributed by atoms with E-state index in [4.69, 9.17) is 0 Å². The minimum atomic E-state index is -0.0414. The quantitative estimate of drug-likeness (QED) is 0.819. The molecule has 2 aromatic carbocycles. The van der Waals surface area contributed by atoms with Gasteiger partial charge in [0.15, 0.2) is 0 Å². The molecule has 0 fully saturated rings. The Kier molecular flexibility index (Phi) is 3.97. The van der Waals surface area contributed by atoms with Gasteiger partial charge in [-0.1, -0.05) is 46.3 Å². The third kappa shape index (κ3) is 3.10. The smallest absolute Gasteiger partial charge is 0.320 e. The summed E-state index contributed by atoms with van der Waals surface area (Å²) in [4.78, 5) is 14.2. The molecule has 0 aliphatic carbocycles. The SMILES string of the molecule is Cc1ccc(NC(=O)N2CCc3ccccc3C2)cc1Br. The molecule has 2 amide bonds. The zero-order valence-electron chi connectivity index (χ0n) is 11.9. The van der Waals surface area contributed by atoms with Crippen LogP contribution in [0.25, 0.3) is 0 Å². The summed E-state index contributed by atoms with van der Waals surface area (Å²) in [5.74, 6) is 0. The number of benzene rings is 2. The maximum absolute atomic E-state index is 12.4. The predicted octanol–water partition coefficient (Wildman–Crippen LogP) is 4.35. The second-order valence-electron chi connectivity index (χ2n) is 5.33. The number of anilines is 1. The number of hydrogen-bond acceptors (Lipinski definition) is 1. The maximum atomic E-state index is 12.4. The van der Waals surface area contributed by atoms with Crippen molar-refractivity contribution in [2.45, 2.75) is 19.9 Å². The highest BCUT2D eigenvalue weighted by Gasteiger charge is 2.20. The summed E-state index contributed by atoms with van der Waals surface area (Å²) in [6.45, 7) is 3.46. The average molecular weight is 345 g/mol. The van der Waals surface area contributed by atoms with Crippen molar-refractivity contribution in [3.8, 4) is 0 Å². The van der Waals surface area contributed by atoms with E-state index in [-0.39, 0.29) is 6.03 Å². The van der Waals surface area contributed by atoms with Gasteiger partial charge in [0.1, 0.15) is 0 Å². The number of carbonyl (C=O) groups excluding carboxylic acids is 1. The van der Waals surface area contributed by atoms with Crippen molar-refractivity contribution in [3.05, 3.63) is 63.6 Å². The lowest BCUT2D eigenvalue weighted by atomic mass is 10.0. The van der Waals surface area contributed by atoms with Gasteiger partial charge in [0, 0.05) is 23.2 Å². The molecule has 108 valence electrons. The van der Waals surface area contributed by atoms with Crippen LogP contribution in [0.15, 0.2) is 46.9 Å². The van der Waals surface area contributed by atoms with Gasteiger partial charge in [-0.15, -0.1) is 0 Å². The first kappa shape index (κ1) is 14.1. The molecule has 1 N–H and O–H groups in total. The van der Waals surface area contributed by atoms with Crippen molar-refractivity contribution in [2.24, 2.45) is 0 Å². The predicted molar refractivity (Wildman–Crippen MR) is 88.5 cm³/mol. The van der Waals surface area contributed by atoms with Crippen molar-refractivity contribution in [3.63, 3.8) is 0 Å². The van der Waals surface area contributed by atoms with Crippen LogP contribution in [-0.2, 0) is 13.0 Å². The fourth-order valence-corrected chi connectivity index (χ4v) is 2.92. The first-order valence-corrected chi connectivity index (χ1v) is 7.81. The zero-order chi connectivity index (χ0) is 14.8. The Morgan fingerprint density at radius 1 is 1.19 bits per heavy atom. The van der Waals surface area contributed by atoms with Gasteiger partial charge in [-0.25, -0.2) is 4.79 Å². The summed E-state index contributed by atoms with van der Waals surface area (Å²) >= 11 is 3.49. The average Bonchev–Trinajstić information content (AvgIpc) is 2.50. The van der Waals surface area contributed by atoms with Crippen LogP contribution in [0.4, 0.5) is 10.5 Å². The molecule has 1 aliphatic heterocycles. The lowest BCUT2D eigenvalue weighted by Gasteiger charge is -2.29.